The quantitative estimate of drug-likeness (QED) is 0.482. The zero-order valence-electron chi connectivity index (χ0n) is 12.8. The maximum Gasteiger partial charge on any atom is 0.168 e. The first-order valence-electron chi connectivity index (χ1n) is 7.30. The van der Waals surface area contributed by atoms with Crippen molar-refractivity contribution in [2.75, 3.05) is 17.4 Å². The SMILES string of the molecule is CSCNc1cc(C=O)ncc1C(=N)c1coc2c1=CCCC=2. The largest absolute Gasteiger partial charge is 0.464 e. The van der Waals surface area contributed by atoms with Crippen LogP contribution >= 0.6 is 11.8 Å². The van der Waals surface area contributed by atoms with E-state index in [1.807, 2.05) is 12.3 Å². The first-order chi connectivity index (χ1) is 11.2. The number of nitrogens with zero attached hydrogens (tertiary/aromatic N) is 1. The number of aromatic nitrogens is 1. The van der Waals surface area contributed by atoms with Crippen LogP contribution in [0, 0.1) is 5.41 Å². The maximum atomic E-state index is 11.0. The van der Waals surface area contributed by atoms with Gasteiger partial charge in [-0.25, -0.2) is 0 Å². The lowest BCUT2D eigenvalue weighted by Crippen LogP contribution is -2.27. The minimum Gasteiger partial charge on any atom is -0.464 e. The van der Waals surface area contributed by atoms with Gasteiger partial charge in [0.15, 0.2) is 6.29 Å². The van der Waals surface area contributed by atoms with Crippen LogP contribution in [0.2, 0.25) is 0 Å². The van der Waals surface area contributed by atoms with Crippen LogP contribution in [0.3, 0.4) is 0 Å². The lowest BCUT2D eigenvalue weighted by molar-refractivity contribution is 0.111. The van der Waals surface area contributed by atoms with E-state index in [1.165, 1.54) is 0 Å². The molecular weight excluding hydrogens is 310 g/mol. The van der Waals surface area contributed by atoms with Crippen LogP contribution in [-0.2, 0) is 0 Å². The molecule has 0 spiro atoms. The normalized spacial score (nSPS) is 12.7. The van der Waals surface area contributed by atoms with Gasteiger partial charge < -0.3 is 9.73 Å². The third-order valence-electron chi connectivity index (χ3n) is 3.70. The molecule has 118 valence electrons. The monoisotopic (exact) mass is 327 g/mol. The second kappa shape index (κ2) is 6.83. The molecule has 0 unspecified atom stereocenters. The van der Waals surface area contributed by atoms with Gasteiger partial charge in [-0.3, -0.25) is 15.2 Å². The van der Waals surface area contributed by atoms with Crippen molar-refractivity contribution in [3.05, 3.63) is 46.0 Å². The summed E-state index contributed by atoms with van der Waals surface area (Å²) in [5.74, 6) is 0.686. The van der Waals surface area contributed by atoms with Gasteiger partial charge in [-0.15, -0.1) is 11.8 Å². The molecule has 5 nitrogen and oxygen atoms in total. The number of furan rings is 1. The number of hydrogen-bond donors (Lipinski definition) is 2. The molecule has 0 aliphatic heterocycles. The van der Waals surface area contributed by atoms with Crippen LogP contribution in [0.5, 0.6) is 0 Å². The summed E-state index contributed by atoms with van der Waals surface area (Å²) in [6.45, 7) is 0. The summed E-state index contributed by atoms with van der Waals surface area (Å²) in [4.78, 5) is 15.1. The molecule has 2 aromatic rings. The highest BCUT2D eigenvalue weighted by Gasteiger charge is 2.16. The van der Waals surface area contributed by atoms with E-state index >= 15 is 0 Å². The lowest BCUT2D eigenvalue weighted by atomic mass is 10.0. The highest BCUT2D eigenvalue weighted by atomic mass is 32.2. The lowest BCUT2D eigenvalue weighted by Gasteiger charge is -2.12. The van der Waals surface area contributed by atoms with E-state index in [2.05, 4.69) is 16.4 Å². The topological polar surface area (TPSA) is 79.0 Å². The number of anilines is 1. The summed E-state index contributed by atoms with van der Waals surface area (Å²) in [5, 5.41) is 12.8. The molecular formula is C17H17N3O2S. The zero-order valence-corrected chi connectivity index (χ0v) is 13.6. The van der Waals surface area contributed by atoms with Gasteiger partial charge in [0.1, 0.15) is 17.4 Å². The number of carbonyl (C=O) groups excluding carboxylic acids is 1. The maximum absolute atomic E-state index is 11.0. The van der Waals surface area contributed by atoms with E-state index in [0.717, 1.165) is 34.7 Å². The van der Waals surface area contributed by atoms with Crippen molar-refractivity contribution >= 4 is 41.6 Å². The summed E-state index contributed by atoms with van der Waals surface area (Å²) in [7, 11) is 0. The predicted octanol–water partition coefficient (Wildman–Crippen LogP) is 1.99. The minimum absolute atomic E-state index is 0.343. The number of aldehydes is 1. The highest BCUT2D eigenvalue weighted by Crippen LogP contribution is 2.19. The third-order valence-corrected chi connectivity index (χ3v) is 4.13. The number of carbonyl (C=O) groups is 1. The van der Waals surface area contributed by atoms with Crippen LogP contribution in [0.25, 0.3) is 12.2 Å². The molecule has 6 heteroatoms. The summed E-state index contributed by atoms with van der Waals surface area (Å²) >= 11 is 1.63. The number of pyridine rings is 1. The molecule has 1 aliphatic carbocycles. The van der Waals surface area contributed by atoms with Gasteiger partial charge in [0.05, 0.1) is 11.6 Å². The summed E-state index contributed by atoms with van der Waals surface area (Å²) in [6, 6.07) is 1.68. The molecule has 0 saturated carbocycles. The number of thioether (sulfide) groups is 1. The molecule has 2 aromatic heterocycles. The Balaban J connectivity index is 2.06. The minimum atomic E-state index is 0.343. The van der Waals surface area contributed by atoms with Gasteiger partial charge in [0.25, 0.3) is 0 Å². The average molecular weight is 327 g/mol. The summed E-state index contributed by atoms with van der Waals surface area (Å²) in [5.41, 5.74) is 3.66. The fourth-order valence-corrected chi connectivity index (χ4v) is 2.86. The van der Waals surface area contributed by atoms with Crippen molar-refractivity contribution in [2.45, 2.75) is 12.8 Å². The molecule has 0 bridgehead atoms. The standard InChI is InChI=1S/C17H17N3O2S/c1-23-10-20-15-6-11(8-21)19-7-13(15)17(18)14-9-22-16-5-3-2-4-12(14)16/h4-9,18H,2-3,10H2,1H3,(H,19,20). The van der Waals surface area contributed by atoms with Crippen LogP contribution in [-0.4, -0.2) is 29.1 Å². The van der Waals surface area contributed by atoms with Crippen LogP contribution in [0.15, 0.2) is 22.9 Å². The zero-order chi connectivity index (χ0) is 16.2. The van der Waals surface area contributed by atoms with Gasteiger partial charge in [-0.2, -0.15) is 0 Å². The van der Waals surface area contributed by atoms with E-state index in [1.54, 1.807) is 30.3 Å². The molecule has 2 N–H and O–H groups in total. The molecule has 0 amide bonds. The summed E-state index contributed by atoms with van der Waals surface area (Å²) < 4.78 is 5.57. The Morgan fingerprint density at radius 1 is 1.43 bits per heavy atom. The van der Waals surface area contributed by atoms with Gasteiger partial charge in [-0.1, -0.05) is 6.08 Å². The van der Waals surface area contributed by atoms with Crippen molar-refractivity contribution in [1.29, 1.82) is 5.41 Å². The molecule has 2 heterocycles. The molecule has 0 atom stereocenters. The Morgan fingerprint density at radius 2 is 2.26 bits per heavy atom. The average Bonchev–Trinajstić information content (AvgIpc) is 3.03. The Kier molecular flexibility index (Phi) is 4.62. The van der Waals surface area contributed by atoms with Gasteiger partial charge in [0, 0.05) is 28.2 Å². The van der Waals surface area contributed by atoms with Crippen LogP contribution in [0.1, 0.15) is 34.5 Å². The Bertz CT molecular complexity index is 870. The molecule has 0 fully saturated rings. The first-order valence-corrected chi connectivity index (χ1v) is 8.69. The van der Waals surface area contributed by atoms with E-state index in [4.69, 9.17) is 9.83 Å². The fourth-order valence-electron chi connectivity index (χ4n) is 2.56. The Hall–Kier alpha value is -2.34. The van der Waals surface area contributed by atoms with Crippen molar-refractivity contribution in [3.8, 4) is 0 Å². The molecule has 0 saturated heterocycles. The molecule has 1 aliphatic rings. The first kappa shape index (κ1) is 15.6. The van der Waals surface area contributed by atoms with Crippen LogP contribution < -0.4 is 16.0 Å². The smallest absolute Gasteiger partial charge is 0.168 e. The highest BCUT2D eigenvalue weighted by molar-refractivity contribution is 7.98. The second-order valence-corrected chi connectivity index (χ2v) is 6.04. The van der Waals surface area contributed by atoms with Crippen molar-refractivity contribution in [2.24, 2.45) is 0 Å². The third kappa shape index (κ3) is 3.07. The second-order valence-electron chi connectivity index (χ2n) is 5.17. The van der Waals surface area contributed by atoms with Gasteiger partial charge in [-0.05, 0) is 31.2 Å². The fraction of sp³-hybridized carbons (Fsp3) is 0.235. The molecule has 0 radical (unpaired) electrons. The molecule has 3 rings (SSSR count). The van der Waals surface area contributed by atoms with Gasteiger partial charge >= 0.3 is 0 Å². The van der Waals surface area contributed by atoms with E-state index < -0.39 is 0 Å². The van der Waals surface area contributed by atoms with Crippen molar-refractivity contribution < 1.29 is 9.21 Å². The van der Waals surface area contributed by atoms with Crippen molar-refractivity contribution in [1.82, 2.24) is 4.98 Å². The number of nitrogens with one attached hydrogen (secondary N) is 2. The Morgan fingerprint density at radius 3 is 3.04 bits per heavy atom. The summed E-state index contributed by atoms with van der Waals surface area (Å²) in [6.07, 6.45) is 11.9. The van der Waals surface area contributed by atoms with Crippen molar-refractivity contribution in [3.63, 3.8) is 0 Å². The van der Waals surface area contributed by atoms with E-state index in [-0.39, 0.29) is 0 Å². The number of rotatable bonds is 6. The Labute approximate surface area is 138 Å². The molecule has 0 aromatic carbocycles. The number of hydrogen-bond acceptors (Lipinski definition) is 6. The van der Waals surface area contributed by atoms with E-state index in [9.17, 15) is 4.79 Å². The predicted molar refractivity (Wildman–Crippen MR) is 93.7 cm³/mol. The van der Waals surface area contributed by atoms with Crippen LogP contribution in [0.4, 0.5) is 5.69 Å². The number of fused-ring (bicyclic) bond motifs is 1. The molecule has 23 heavy (non-hydrogen) atoms. The van der Waals surface area contributed by atoms with E-state index in [0.29, 0.717) is 29.1 Å². The van der Waals surface area contributed by atoms with Gasteiger partial charge in [0.2, 0.25) is 0 Å².